The Balaban J connectivity index is 1.82. The number of benzene rings is 2. The molecule has 1 atom stereocenters. The number of hydrogen-bond acceptors (Lipinski definition) is 4. The van der Waals surface area contributed by atoms with E-state index in [1.54, 1.807) is 19.2 Å². The SMILES string of the molecule is C=C1C=C(c2ccccc2)N=C2C([C@H](Nc3ccccc3C(=O)O)C(F)(F)F)=CC(C)=CN12. The Labute approximate surface area is 188 Å². The summed E-state index contributed by atoms with van der Waals surface area (Å²) in [5.41, 5.74) is 1.74. The van der Waals surface area contributed by atoms with Gasteiger partial charge in [0, 0.05) is 28.7 Å². The summed E-state index contributed by atoms with van der Waals surface area (Å²) in [6.07, 6.45) is 0.0482. The Morgan fingerprint density at radius 3 is 2.42 bits per heavy atom. The number of carbonyl (C=O) groups is 1. The number of aliphatic imine (C=N–C) groups is 1. The summed E-state index contributed by atoms with van der Waals surface area (Å²) in [7, 11) is 0. The van der Waals surface area contributed by atoms with Gasteiger partial charge in [-0.15, -0.1) is 0 Å². The minimum Gasteiger partial charge on any atom is -0.478 e. The molecule has 33 heavy (non-hydrogen) atoms. The van der Waals surface area contributed by atoms with Crippen LogP contribution in [0.25, 0.3) is 5.70 Å². The van der Waals surface area contributed by atoms with Crippen LogP contribution in [-0.4, -0.2) is 34.0 Å². The van der Waals surface area contributed by atoms with E-state index in [0.29, 0.717) is 17.0 Å². The van der Waals surface area contributed by atoms with Crippen LogP contribution >= 0.6 is 0 Å². The molecule has 0 aromatic heterocycles. The van der Waals surface area contributed by atoms with E-state index in [2.05, 4.69) is 16.9 Å². The molecule has 2 aromatic carbocycles. The van der Waals surface area contributed by atoms with Crippen molar-refractivity contribution in [1.82, 2.24) is 4.90 Å². The third-order valence-electron chi connectivity index (χ3n) is 5.21. The van der Waals surface area contributed by atoms with Crippen molar-refractivity contribution in [3.8, 4) is 0 Å². The molecule has 2 N–H and O–H groups in total. The topological polar surface area (TPSA) is 64.9 Å². The summed E-state index contributed by atoms with van der Waals surface area (Å²) >= 11 is 0. The molecule has 0 spiro atoms. The van der Waals surface area contributed by atoms with E-state index in [-0.39, 0.29) is 22.7 Å². The zero-order chi connectivity index (χ0) is 23.8. The molecule has 5 nitrogen and oxygen atoms in total. The van der Waals surface area contributed by atoms with Crippen molar-refractivity contribution >= 4 is 23.2 Å². The summed E-state index contributed by atoms with van der Waals surface area (Å²) in [5, 5.41) is 11.8. The Morgan fingerprint density at radius 2 is 1.76 bits per heavy atom. The van der Waals surface area contributed by atoms with Gasteiger partial charge in [-0.25, -0.2) is 9.79 Å². The average Bonchev–Trinajstić information content (AvgIpc) is 2.77. The van der Waals surface area contributed by atoms with Crippen LogP contribution < -0.4 is 5.32 Å². The highest BCUT2D eigenvalue weighted by atomic mass is 19.4. The van der Waals surface area contributed by atoms with E-state index in [1.165, 1.54) is 35.2 Å². The largest absolute Gasteiger partial charge is 0.478 e. The number of alkyl halides is 3. The molecular weight excluding hydrogens is 431 g/mol. The van der Waals surface area contributed by atoms with Gasteiger partial charge < -0.3 is 15.3 Å². The van der Waals surface area contributed by atoms with E-state index in [9.17, 15) is 23.1 Å². The summed E-state index contributed by atoms with van der Waals surface area (Å²) in [5.74, 6) is -1.25. The van der Waals surface area contributed by atoms with Crippen LogP contribution in [0.15, 0.2) is 101 Å². The van der Waals surface area contributed by atoms with Gasteiger partial charge in [-0.05, 0) is 36.8 Å². The lowest BCUT2D eigenvalue weighted by Gasteiger charge is -2.36. The second kappa shape index (κ2) is 8.46. The molecule has 0 saturated heterocycles. The first-order valence-electron chi connectivity index (χ1n) is 10.0. The number of hydrogen-bond donors (Lipinski definition) is 2. The van der Waals surface area contributed by atoms with Crippen LogP contribution in [-0.2, 0) is 0 Å². The van der Waals surface area contributed by atoms with Gasteiger partial charge in [0.25, 0.3) is 0 Å². The molecule has 0 aliphatic carbocycles. The first-order chi connectivity index (χ1) is 15.6. The molecule has 8 heteroatoms. The molecule has 4 rings (SSSR count). The third kappa shape index (κ3) is 4.45. The number of halogens is 3. The molecule has 2 aliphatic heterocycles. The van der Waals surface area contributed by atoms with Crippen LogP contribution in [0.1, 0.15) is 22.8 Å². The van der Waals surface area contributed by atoms with Crippen molar-refractivity contribution in [2.24, 2.45) is 4.99 Å². The lowest BCUT2D eigenvalue weighted by atomic mass is 9.96. The summed E-state index contributed by atoms with van der Waals surface area (Å²) < 4.78 is 43.0. The molecule has 0 fully saturated rings. The number of para-hydroxylation sites is 1. The number of nitrogens with one attached hydrogen (secondary N) is 1. The number of aromatic carboxylic acids is 1. The van der Waals surface area contributed by atoms with Gasteiger partial charge in [0.1, 0.15) is 5.84 Å². The monoisotopic (exact) mass is 451 g/mol. The molecule has 2 heterocycles. The van der Waals surface area contributed by atoms with E-state index >= 15 is 0 Å². The number of anilines is 1. The lowest BCUT2D eigenvalue weighted by Crippen LogP contribution is -2.45. The molecule has 0 saturated carbocycles. The summed E-state index contributed by atoms with van der Waals surface area (Å²) in [6.45, 7) is 5.68. The molecule has 2 aliphatic rings. The van der Waals surface area contributed by atoms with E-state index < -0.39 is 18.2 Å². The second-order valence-electron chi connectivity index (χ2n) is 7.63. The maximum atomic E-state index is 14.3. The van der Waals surface area contributed by atoms with E-state index in [1.807, 2.05) is 30.3 Å². The second-order valence-corrected chi connectivity index (χ2v) is 7.63. The number of nitrogens with zero attached hydrogens (tertiary/aromatic N) is 2. The smallest absolute Gasteiger partial charge is 0.412 e. The first kappa shape index (κ1) is 22.1. The van der Waals surface area contributed by atoms with Crippen molar-refractivity contribution in [1.29, 1.82) is 0 Å². The Hall–Kier alpha value is -4.07. The molecule has 0 bridgehead atoms. The van der Waals surface area contributed by atoms with Gasteiger partial charge in [-0.1, -0.05) is 49.0 Å². The number of amidine groups is 1. The highest BCUT2D eigenvalue weighted by Crippen LogP contribution is 2.37. The Morgan fingerprint density at radius 1 is 1.09 bits per heavy atom. The Bertz CT molecular complexity index is 1240. The quantitative estimate of drug-likeness (QED) is 0.600. The number of rotatable bonds is 5. The van der Waals surface area contributed by atoms with Crippen molar-refractivity contribution in [3.63, 3.8) is 0 Å². The van der Waals surface area contributed by atoms with Crippen molar-refractivity contribution in [2.45, 2.75) is 19.1 Å². The fourth-order valence-corrected chi connectivity index (χ4v) is 3.72. The maximum absolute atomic E-state index is 14.3. The first-order valence-corrected chi connectivity index (χ1v) is 10.0. The summed E-state index contributed by atoms with van der Waals surface area (Å²) in [4.78, 5) is 17.6. The molecule has 168 valence electrons. The number of carboxylic acid groups (broad SMARTS) is 1. The molecule has 0 radical (unpaired) electrons. The zero-order valence-electron chi connectivity index (χ0n) is 17.6. The normalized spacial score (nSPS) is 16.7. The van der Waals surface area contributed by atoms with Crippen LogP contribution in [0.5, 0.6) is 0 Å². The van der Waals surface area contributed by atoms with Crippen LogP contribution in [0.3, 0.4) is 0 Å². The van der Waals surface area contributed by atoms with Crippen molar-refractivity contribution in [2.75, 3.05) is 5.32 Å². The average molecular weight is 451 g/mol. The number of carboxylic acids is 1. The highest BCUT2D eigenvalue weighted by Gasteiger charge is 2.46. The van der Waals surface area contributed by atoms with Gasteiger partial charge in [-0.2, -0.15) is 13.2 Å². The van der Waals surface area contributed by atoms with Gasteiger partial charge in [0.15, 0.2) is 6.04 Å². The van der Waals surface area contributed by atoms with Crippen LogP contribution in [0.2, 0.25) is 0 Å². The van der Waals surface area contributed by atoms with Gasteiger partial charge >= 0.3 is 12.1 Å². The molecular formula is C25H20F3N3O2. The molecule has 2 aromatic rings. The number of allylic oxidation sites excluding steroid dienone is 3. The zero-order valence-corrected chi connectivity index (χ0v) is 17.6. The summed E-state index contributed by atoms with van der Waals surface area (Å²) in [6, 6.07) is 12.4. The molecule has 0 unspecified atom stereocenters. The lowest BCUT2D eigenvalue weighted by molar-refractivity contribution is -0.133. The van der Waals surface area contributed by atoms with Gasteiger partial charge in [0.05, 0.1) is 11.3 Å². The standard InChI is InChI=1S/C25H20F3N3O2/c1-15-12-19(22(25(26,27)28)29-20-11-7-6-10-18(20)24(32)33)23-30-21(13-16(2)31(23)14-15)17-8-4-3-5-9-17/h3-14,22,29H,2H2,1H3,(H,32,33)/t22-/m0/s1. The van der Waals surface area contributed by atoms with Crippen LogP contribution in [0, 0.1) is 0 Å². The van der Waals surface area contributed by atoms with Crippen molar-refractivity contribution in [3.05, 3.63) is 107 Å². The van der Waals surface area contributed by atoms with Crippen LogP contribution in [0.4, 0.5) is 18.9 Å². The minimum atomic E-state index is -4.74. The van der Waals surface area contributed by atoms with Crippen molar-refractivity contribution < 1.29 is 23.1 Å². The minimum absolute atomic E-state index is 0.0783. The Kier molecular flexibility index (Phi) is 5.68. The fourth-order valence-electron chi connectivity index (χ4n) is 3.72. The fraction of sp³-hybridized carbons (Fsp3) is 0.120. The van der Waals surface area contributed by atoms with Gasteiger partial charge in [-0.3, -0.25) is 0 Å². The van der Waals surface area contributed by atoms with E-state index in [4.69, 9.17) is 0 Å². The molecule has 0 amide bonds. The predicted molar refractivity (Wildman–Crippen MR) is 122 cm³/mol. The third-order valence-corrected chi connectivity index (χ3v) is 5.21. The maximum Gasteiger partial charge on any atom is 0.412 e. The van der Waals surface area contributed by atoms with E-state index in [0.717, 1.165) is 5.56 Å². The number of fused-ring (bicyclic) bond motifs is 1. The highest BCUT2D eigenvalue weighted by molar-refractivity contribution is 6.07. The predicted octanol–water partition coefficient (Wildman–Crippen LogP) is 5.84. The van der Waals surface area contributed by atoms with Gasteiger partial charge in [0.2, 0.25) is 0 Å².